The maximum Gasteiger partial charge on any atom is 0.264 e. The van der Waals surface area contributed by atoms with Crippen molar-refractivity contribution in [1.29, 1.82) is 0 Å². The van der Waals surface area contributed by atoms with Crippen molar-refractivity contribution in [2.24, 2.45) is 0 Å². The van der Waals surface area contributed by atoms with Crippen LogP contribution in [0.15, 0.2) is 30.5 Å². The number of nitrogens with zero attached hydrogens (tertiary/aromatic N) is 1. The summed E-state index contributed by atoms with van der Waals surface area (Å²) in [4.78, 5) is 16.4. The first kappa shape index (κ1) is 15.3. The van der Waals surface area contributed by atoms with E-state index in [0.29, 0.717) is 20.8 Å². The average molecular weight is 323 g/mol. The van der Waals surface area contributed by atoms with Crippen molar-refractivity contribution in [2.45, 2.75) is 0 Å². The Morgan fingerprint density at radius 2 is 2.19 bits per heavy atom. The molecule has 2 N–H and O–H groups in total. The minimum atomic E-state index is -0.319. The Balaban J connectivity index is 1.84. The molecule has 0 saturated carbocycles. The third-order valence-electron chi connectivity index (χ3n) is 2.23. The fraction of sp³-hybridized carbons (Fsp3) is 0.143. The van der Waals surface area contributed by atoms with Crippen molar-refractivity contribution >= 4 is 34.0 Å². The fourth-order valence-electron chi connectivity index (χ4n) is 1.35. The largest absolute Gasteiger partial charge is 0.484 e. The number of anilines is 1. The van der Waals surface area contributed by atoms with Crippen molar-refractivity contribution in [3.05, 3.63) is 40.4 Å². The maximum atomic E-state index is 11.7. The van der Waals surface area contributed by atoms with Gasteiger partial charge in [-0.2, -0.15) is 0 Å². The lowest BCUT2D eigenvalue weighted by molar-refractivity contribution is -0.118. The van der Waals surface area contributed by atoms with Crippen LogP contribution >= 0.6 is 22.9 Å². The van der Waals surface area contributed by atoms with Gasteiger partial charge in [-0.3, -0.25) is 10.1 Å². The number of halogens is 1. The zero-order chi connectivity index (χ0) is 15.1. The predicted molar refractivity (Wildman–Crippen MR) is 81.7 cm³/mol. The molecule has 0 atom stereocenters. The SMILES string of the molecule is O=C(COc1ccc(Cl)cc1)Nc1ncc(C#CCO)s1. The van der Waals surface area contributed by atoms with E-state index in [1.54, 1.807) is 24.3 Å². The molecule has 0 aliphatic heterocycles. The van der Waals surface area contributed by atoms with E-state index in [-0.39, 0.29) is 19.1 Å². The first-order chi connectivity index (χ1) is 10.2. The second-order valence-electron chi connectivity index (χ2n) is 3.78. The van der Waals surface area contributed by atoms with Gasteiger partial charge in [0.2, 0.25) is 0 Å². The van der Waals surface area contributed by atoms with Crippen LogP contribution in [0.2, 0.25) is 5.02 Å². The molecule has 5 nitrogen and oxygen atoms in total. The second-order valence-corrected chi connectivity index (χ2v) is 5.25. The minimum Gasteiger partial charge on any atom is -0.484 e. The first-order valence-corrected chi connectivity index (χ1v) is 7.10. The van der Waals surface area contributed by atoms with E-state index in [0.717, 1.165) is 0 Å². The topological polar surface area (TPSA) is 71.5 Å². The number of hydrogen-bond acceptors (Lipinski definition) is 5. The van der Waals surface area contributed by atoms with Gasteiger partial charge in [-0.15, -0.1) is 0 Å². The maximum absolute atomic E-state index is 11.7. The first-order valence-electron chi connectivity index (χ1n) is 5.91. The van der Waals surface area contributed by atoms with Gasteiger partial charge in [0.25, 0.3) is 5.91 Å². The number of carbonyl (C=O) groups is 1. The molecule has 0 saturated heterocycles. The summed E-state index contributed by atoms with van der Waals surface area (Å²) in [6.07, 6.45) is 1.53. The molecule has 1 amide bonds. The molecule has 0 aliphatic rings. The van der Waals surface area contributed by atoms with E-state index in [2.05, 4.69) is 22.1 Å². The Labute approximate surface area is 130 Å². The Bertz CT molecular complexity index is 674. The third kappa shape index (κ3) is 5.08. The summed E-state index contributed by atoms with van der Waals surface area (Å²) in [7, 11) is 0. The van der Waals surface area contributed by atoms with Crippen LogP contribution in [0.4, 0.5) is 5.13 Å². The molecule has 0 fully saturated rings. The van der Waals surface area contributed by atoms with Crippen LogP contribution in [0.3, 0.4) is 0 Å². The van der Waals surface area contributed by atoms with Crippen LogP contribution in [0.25, 0.3) is 0 Å². The smallest absolute Gasteiger partial charge is 0.264 e. The number of ether oxygens (including phenoxy) is 1. The predicted octanol–water partition coefficient (Wildman–Crippen LogP) is 2.16. The van der Waals surface area contributed by atoms with Crippen molar-refractivity contribution in [2.75, 3.05) is 18.5 Å². The molecular weight excluding hydrogens is 312 g/mol. The van der Waals surface area contributed by atoms with Gasteiger partial charge in [0.1, 0.15) is 12.4 Å². The normalized spacial score (nSPS) is 9.62. The number of carbonyl (C=O) groups excluding carboxylic acids is 1. The Hall–Kier alpha value is -2.07. The number of aliphatic hydroxyl groups is 1. The third-order valence-corrected chi connectivity index (χ3v) is 3.31. The number of hydrogen-bond donors (Lipinski definition) is 2. The highest BCUT2D eigenvalue weighted by Crippen LogP contribution is 2.17. The van der Waals surface area contributed by atoms with Gasteiger partial charge in [0.15, 0.2) is 11.7 Å². The minimum absolute atomic E-state index is 0.126. The molecule has 2 aromatic rings. The van der Waals surface area contributed by atoms with E-state index in [1.165, 1.54) is 17.5 Å². The number of thiazole rings is 1. The van der Waals surface area contributed by atoms with Crippen LogP contribution in [0.5, 0.6) is 5.75 Å². The Morgan fingerprint density at radius 3 is 2.90 bits per heavy atom. The van der Waals surface area contributed by atoms with Crippen LogP contribution in [0.1, 0.15) is 4.88 Å². The molecule has 1 heterocycles. The number of aromatic nitrogens is 1. The summed E-state index contributed by atoms with van der Waals surface area (Å²) in [6.45, 7) is -0.340. The molecular formula is C14H11ClN2O3S. The average Bonchev–Trinajstić information content (AvgIpc) is 2.92. The van der Waals surface area contributed by atoms with Gasteiger partial charge in [-0.25, -0.2) is 4.98 Å². The number of aliphatic hydroxyl groups excluding tert-OH is 1. The molecule has 21 heavy (non-hydrogen) atoms. The highest BCUT2D eigenvalue weighted by molar-refractivity contribution is 7.16. The van der Waals surface area contributed by atoms with Crippen molar-refractivity contribution in [3.8, 4) is 17.6 Å². The molecule has 2 rings (SSSR count). The number of benzene rings is 1. The summed E-state index contributed by atoms with van der Waals surface area (Å²) in [5.41, 5.74) is 0. The van der Waals surface area contributed by atoms with Crippen LogP contribution in [-0.2, 0) is 4.79 Å². The lowest BCUT2D eigenvalue weighted by atomic mass is 10.3. The lowest BCUT2D eigenvalue weighted by Gasteiger charge is -2.05. The van der Waals surface area contributed by atoms with E-state index in [9.17, 15) is 4.79 Å². The standard InChI is InChI=1S/C14H11ClN2O3S/c15-10-3-5-11(6-4-10)20-9-13(19)17-14-16-8-12(21-14)2-1-7-18/h3-6,8,18H,7,9H2,(H,16,17,19). The number of amides is 1. The Kier molecular flexibility index (Phi) is 5.58. The molecule has 1 aromatic heterocycles. The molecule has 7 heteroatoms. The van der Waals surface area contributed by atoms with Crippen molar-refractivity contribution in [1.82, 2.24) is 4.98 Å². The summed E-state index contributed by atoms with van der Waals surface area (Å²) < 4.78 is 5.31. The van der Waals surface area contributed by atoms with Crippen LogP contribution < -0.4 is 10.1 Å². The quantitative estimate of drug-likeness (QED) is 0.846. The van der Waals surface area contributed by atoms with Crippen molar-refractivity contribution < 1.29 is 14.6 Å². The van der Waals surface area contributed by atoms with Gasteiger partial charge in [0, 0.05) is 5.02 Å². The zero-order valence-electron chi connectivity index (χ0n) is 10.8. The van der Waals surface area contributed by atoms with Gasteiger partial charge < -0.3 is 9.84 Å². The van der Waals surface area contributed by atoms with Gasteiger partial charge in [-0.1, -0.05) is 34.8 Å². The highest BCUT2D eigenvalue weighted by Gasteiger charge is 2.07. The molecule has 0 bridgehead atoms. The van der Waals surface area contributed by atoms with Crippen LogP contribution in [-0.4, -0.2) is 29.2 Å². The number of rotatable bonds is 4. The van der Waals surface area contributed by atoms with E-state index < -0.39 is 0 Å². The van der Waals surface area contributed by atoms with E-state index in [1.807, 2.05) is 0 Å². The monoisotopic (exact) mass is 322 g/mol. The molecule has 0 unspecified atom stereocenters. The van der Waals surface area contributed by atoms with E-state index in [4.69, 9.17) is 21.4 Å². The summed E-state index contributed by atoms with van der Waals surface area (Å²) in [6, 6.07) is 6.73. The molecule has 0 radical (unpaired) electrons. The molecule has 1 aromatic carbocycles. The molecule has 108 valence electrons. The van der Waals surface area contributed by atoms with Crippen LogP contribution in [0, 0.1) is 11.8 Å². The zero-order valence-corrected chi connectivity index (χ0v) is 12.4. The Morgan fingerprint density at radius 1 is 1.43 bits per heavy atom. The molecule has 0 spiro atoms. The summed E-state index contributed by atoms with van der Waals surface area (Å²) in [5, 5.41) is 12.2. The summed E-state index contributed by atoms with van der Waals surface area (Å²) in [5.74, 6) is 5.46. The van der Waals surface area contributed by atoms with E-state index >= 15 is 0 Å². The van der Waals surface area contributed by atoms with Crippen molar-refractivity contribution in [3.63, 3.8) is 0 Å². The lowest BCUT2D eigenvalue weighted by Crippen LogP contribution is -2.19. The van der Waals surface area contributed by atoms with Gasteiger partial charge in [-0.05, 0) is 24.3 Å². The highest BCUT2D eigenvalue weighted by atomic mass is 35.5. The van der Waals surface area contributed by atoms with Gasteiger partial charge in [0.05, 0.1) is 11.1 Å². The summed E-state index contributed by atoms with van der Waals surface area (Å²) >= 11 is 6.98. The van der Waals surface area contributed by atoms with Gasteiger partial charge >= 0.3 is 0 Å². The molecule has 0 aliphatic carbocycles. The number of nitrogens with one attached hydrogen (secondary N) is 1. The second kappa shape index (κ2) is 7.64. The fourth-order valence-corrected chi connectivity index (χ4v) is 2.18.